The zero-order chi connectivity index (χ0) is 11.9. The van der Waals surface area contributed by atoms with Crippen LogP contribution < -0.4 is 0 Å². The summed E-state index contributed by atoms with van der Waals surface area (Å²) in [5, 5.41) is 20.7. The standard InChI is InChI=1S/C14H8N4/c1-3-10-5-7-15-17-13(10)12-9(1)2-4-11-6-8-16-18-14(11)12/h1-8H. The molecule has 0 bridgehead atoms. The van der Waals surface area contributed by atoms with E-state index in [-0.39, 0.29) is 0 Å². The van der Waals surface area contributed by atoms with Crippen LogP contribution in [-0.4, -0.2) is 20.4 Å². The maximum atomic E-state index is 4.24. The summed E-state index contributed by atoms with van der Waals surface area (Å²) in [6.07, 6.45) is 3.40. The third-order valence-corrected chi connectivity index (χ3v) is 3.15. The van der Waals surface area contributed by atoms with E-state index in [0.717, 1.165) is 32.6 Å². The Hall–Kier alpha value is -2.62. The summed E-state index contributed by atoms with van der Waals surface area (Å²) in [6, 6.07) is 12.2. The Bertz CT molecular complexity index is 816. The van der Waals surface area contributed by atoms with Crippen molar-refractivity contribution in [2.24, 2.45) is 0 Å². The highest BCUT2D eigenvalue weighted by molar-refractivity contribution is 6.16. The molecular formula is C14H8N4. The quantitative estimate of drug-likeness (QED) is 0.437. The molecule has 0 amide bonds. The highest BCUT2D eigenvalue weighted by Gasteiger charge is 2.07. The number of hydrogen-bond acceptors (Lipinski definition) is 4. The third-order valence-electron chi connectivity index (χ3n) is 3.15. The molecule has 2 aromatic heterocycles. The minimum absolute atomic E-state index is 0.876. The minimum Gasteiger partial charge on any atom is -0.158 e. The number of benzene rings is 2. The summed E-state index contributed by atoms with van der Waals surface area (Å²) < 4.78 is 0. The molecule has 0 unspecified atom stereocenters. The van der Waals surface area contributed by atoms with Crippen LogP contribution in [0.5, 0.6) is 0 Å². The average Bonchev–Trinajstić information content (AvgIpc) is 2.46. The highest BCUT2D eigenvalue weighted by atomic mass is 15.1. The molecule has 0 radical (unpaired) electrons. The zero-order valence-electron chi connectivity index (χ0n) is 9.41. The van der Waals surface area contributed by atoms with Gasteiger partial charge in [0.15, 0.2) is 0 Å². The van der Waals surface area contributed by atoms with Crippen molar-refractivity contribution in [1.82, 2.24) is 20.4 Å². The van der Waals surface area contributed by atoms with Crippen LogP contribution in [0.2, 0.25) is 0 Å². The minimum atomic E-state index is 0.876. The van der Waals surface area contributed by atoms with Gasteiger partial charge < -0.3 is 0 Å². The van der Waals surface area contributed by atoms with Gasteiger partial charge in [-0.15, -0.1) is 10.2 Å². The fraction of sp³-hybridized carbons (Fsp3) is 0. The number of hydrogen-bond donors (Lipinski definition) is 0. The number of rotatable bonds is 0. The van der Waals surface area contributed by atoms with Gasteiger partial charge in [-0.25, -0.2) is 0 Å². The van der Waals surface area contributed by atoms with Gasteiger partial charge in [0, 0.05) is 16.2 Å². The zero-order valence-corrected chi connectivity index (χ0v) is 9.41. The fourth-order valence-corrected chi connectivity index (χ4v) is 2.31. The third kappa shape index (κ3) is 1.20. The lowest BCUT2D eigenvalue weighted by molar-refractivity contribution is 1.07. The Labute approximate surface area is 102 Å². The van der Waals surface area contributed by atoms with Crippen molar-refractivity contribution in [3.63, 3.8) is 0 Å². The van der Waals surface area contributed by atoms with E-state index >= 15 is 0 Å². The van der Waals surface area contributed by atoms with Crippen LogP contribution in [0.3, 0.4) is 0 Å². The van der Waals surface area contributed by atoms with E-state index in [1.165, 1.54) is 0 Å². The van der Waals surface area contributed by atoms with Crippen molar-refractivity contribution >= 4 is 32.6 Å². The first kappa shape index (κ1) is 9.41. The Balaban J connectivity index is 2.38. The van der Waals surface area contributed by atoms with Crippen LogP contribution >= 0.6 is 0 Å². The molecule has 4 nitrogen and oxygen atoms in total. The van der Waals surface area contributed by atoms with E-state index in [9.17, 15) is 0 Å². The van der Waals surface area contributed by atoms with Crippen molar-refractivity contribution in [2.75, 3.05) is 0 Å². The molecule has 0 saturated heterocycles. The van der Waals surface area contributed by atoms with Crippen molar-refractivity contribution in [3.05, 3.63) is 48.8 Å². The second kappa shape index (κ2) is 3.43. The average molecular weight is 232 g/mol. The lowest BCUT2D eigenvalue weighted by Crippen LogP contribution is -1.89. The fourth-order valence-electron chi connectivity index (χ4n) is 2.31. The Morgan fingerprint density at radius 2 is 1.06 bits per heavy atom. The van der Waals surface area contributed by atoms with Crippen molar-refractivity contribution in [1.29, 1.82) is 0 Å². The van der Waals surface area contributed by atoms with Gasteiger partial charge in [0.25, 0.3) is 0 Å². The smallest absolute Gasteiger partial charge is 0.103 e. The molecule has 0 aliphatic rings. The van der Waals surface area contributed by atoms with E-state index in [1.54, 1.807) is 12.4 Å². The van der Waals surface area contributed by atoms with Gasteiger partial charge in [-0.1, -0.05) is 24.3 Å². The van der Waals surface area contributed by atoms with E-state index < -0.39 is 0 Å². The molecule has 2 heterocycles. The lowest BCUT2D eigenvalue weighted by atomic mass is 10.0. The topological polar surface area (TPSA) is 51.6 Å². The summed E-state index contributed by atoms with van der Waals surface area (Å²) >= 11 is 0. The molecule has 0 N–H and O–H groups in total. The first-order chi connectivity index (χ1) is 8.93. The molecule has 4 rings (SSSR count). The SMILES string of the molecule is c1cc2ccc3ccc4ccnnc4c3c2nn1. The van der Waals surface area contributed by atoms with Crippen LogP contribution in [0.1, 0.15) is 0 Å². The van der Waals surface area contributed by atoms with Crippen LogP contribution in [0.15, 0.2) is 48.8 Å². The van der Waals surface area contributed by atoms with Gasteiger partial charge in [0.1, 0.15) is 11.0 Å². The molecule has 0 saturated carbocycles. The predicted molar refractivity (Wildman–Crippen MR) is 70.1 cm³/mol. The Morgan fingerprint density at radius 1 is 0.556 bits per heavy atom. The molecule has 0 spiro atoms. The maximum Gasteiger partial charge on any atom is 0.103 e. The summed E-state index contributed by atoms with van der Waals surface area (Å²) in [4.78, 5) is 0. The van der Waals surface area contributed by atoms with Crippen LogP contribution in [0.25, 0.3) is 32.6 Å². The normalized spacial score (nSPS) is 11.3. The lowest BCUT2D eigenvalue weighted by Gasteiger charge is -2.04. The second-order valence-corrected chi connectivity index (χ2v) is 4.17. The number of fused-ring (bicyclic) bond motifs is 5. The molecule has 2 aromatic carbocycles. The first-order valence-corrected chi connectivity index (χ1v) is 5.68. The van der Waals surface area contributed by atoms with Gasteiger partial charge in [-0.3, -0.25) is 0 Å². The van der Waals surface area contributed by atoms with Crippen molar-refractivity contribution < 1.29 is 0 Å². The summed E-state index contributed by atoms with van der Waals surface area (Å²) in [5.41, 5.74) is 1.75. The maximum absolute atomic E-state index is 4.24. The molecule has 0 aliphatic heterocycles. The molecule has 4 heteroatoms. The van der Waals surface area contributed by atoms with Gasteiger partial charge in [-0.2, -0.15) is 10.2 Å². The summed E-state index contributed by atoms with van der Waals surface area (Å²) in [7, 11) is 0. The molecule has 18 heavy (non-hydrogen) atoms. The molecule has 84 valence electrons. The van der Waals surface area contributed by atoms with Crippen LogP contribution in [0.4, 0.5) is 0 Å². The van der Waals surface area contributed by atoms with Gasteiger partial charge in [0.2, 0.25) is 0 Å². The number of nitrogens with zero attached hydrogens (tertiary/aromatic N) is 4. The van der Waals surface area contributed by atoms with Crippen LogP contribution in [-0.2, 0) is 0 Å². The molecule has 0 fully saturated rings. The molecule has 0 aliphatic carbocycles. The van der Waals surface area contributed by atoms with Gasteiger partial charge in [0.05, 0.1) is 12.4 Å². The highest BCUT2D eigenvalue weighted by Crippen LogP contribution is 2.28. The van der Waals surface area contributed by atoms with E-state index in [0.29, 0.717) is 0 Å². The summed E-state index contributed by atoms with van der Waals surface area (Å²) in [6.45, 7) is 0. The monoisotopic (exact) mass is 232 g/mol. The second-order valence-electron chi connectivity index (χ2n) is 4.17. The largest absolute Gasteiger partial charge is 0.158 e. The first-order valence-electron chi connectivity index (χ1n) is 5.68. The van der Waals surface area contributed by atoms with Gasteiger partial charge >= 0.3 is 0 Å². The molecular weight excluding hydrogens is 224 g/mol. The van der Waals surface area contributed by atoms with E-state index in [2.05, 4.69) is 44.7 Å². The predicted octanol–water partition coefficient (Wildman–Crippen LogP) is 2.73. The Kier molecular flexibility index (Phi) is 1.80. The van der Waals surface area contributed by atoms with Crippen molar-refractivity contribution in [3.8, 4) is 0 Å². The van der Waals surface area contributed by atoms with Crippen LogP contribution in [0, 0.1) is 0 Å². The Morgan fingerprint density at radius 3 is 1.61 bits per heavy atom. The van der Waals surface area contributed by atoms with E-state index in [1.807, 2.05) is 12.1 Å². The van der Waals surface area contributed by atoms with Gasteiger partial charge in [-0.05, 0) is 17.5 Å². The van der Waals surface area contributed by atoms with Crippen molar-refractivity contribution in [2.45, 2.75) is 0 Å². The molecule has 4 aromatic rings. The number of aromatic nitrogens is 4. The molecule has 0 atom stereocenters. The summed E-state index contributed by atoms with van der Waals surface area (Å²) in [5.74, 6) is 0. The van der Waals surface area contributed by atoms with E-state index in [4.69, 9.17) is 0 Å².